The fourth-order valence-corrected chi connectivity index (χ4v) is 3.11. The number of para-hydroxylation sites is 1. The van der Waals surface area contributed by atoms with E-state index >= 15 is 0 Å². The fraction of sp³-hybridized carbons (Fsp3) is 0.562. The van der Waals surface area contributed by atoms with Crippen LogP contribution in [0, 0.1) is 0 Å². The lowest BCUT2D eigenvalue weighted by molar-refractivity contribution is -0.121. The van der Waals surface area contributed by atoms with Gasteiger partial charge in [-0.1, -0.05) is 37.6 Å². The van der Waals surface area contributed by atoms with Gasteiger partial charge in [0.2, 0.25) is 5.91 Å². The van der Waals surface area contributed by atoms with Crippen molar-refractivity contribution in [3.05, 3.63) is 28.8 Å². The van der Waals surface area contributed by atoms with E-state index in [1.54, 1.807) is 7.05 Å². The molecule has 4 nitrogen and oxygen atoms in total. The number of hydrogen-bond donors (Lipinski definition) is 2. The molecule has 1 atom stereocenters. The number of carbonyl (C=O) groups excluding carboxylic acids is 1. The molecule has 21 heavy (non-hydrogen) atoms. The first-order valence-electron chi connectivity index (χ1n) is 7.53. The number of rotatable bonds is 5. The zero-order valence-corrected chi connectivity index (χ0v) is 13.7. The Hall–Kier alpha value is -1.26. The third-order valence-corrected chi connectivity index (χ3v) is 4.17. The Morgan fingerprint density at radius 1 is 1.48 bits per heavy atom. The van der Waals surface area contributed by atoms with Crippen molar-refractivity contribution >= 4 is 23.2 Å². The van der Waals surface area contributed by atoms with Crippen LogP contribution in [0.2, 0.25) is 5.02 Å². The Balaban J connectivity index is 2.30. The lowest BCUT2D eigenvalue weighted by Crippen LogP contribution is -2.42. The molecule has 0 bridgehead atoms. The first-order valence-corrected chi connectivity index (χ1v) is 7.91. The molecule has 1 saturated heterocycles. The SMILES string of the molecule is CNC(=O)C1CCCN1c1c(Cl)cccc1CNC(C)C. The number of nitrogens with zero attached hydrogens (tertiary/aromatic N) is 1. The lowest BCUT2D eigenvalue weighted by Gasteiger charge is -2.29. The van der Waals surface area contributed by atoms with E-state index in [0.29, 0.717) is 11.1 Å². The molecule has 0 aromatic heterocycles. The Kier molecular flexibility index (Phi) is 5.48. The van der Waals surface area contributed by atoms with Crippen LogP contribution in [-0.2, 0) is 11.3 Å². The zero-order valence-electron chi connectivity index (χ0n) is 12.9. The number of nitrogens with one attached hydrogen (secondary N) is 2. The lowest BCUT2D eigenvalue weighted by atomic mass is 10.1. The number of benzene rings is 1. The van der Waals surface area contributed by atoms with Gasteiger partial charge in [-0.15, -0.1) is 0 Å². The average molecular weight is 310 g/mol. The largest absolute Gasteiger partial charge is 0.358 e. The van der Waals surface area contributed by atoms with E-state index in [2.05, 4.69) is 35.4 Å². The van der Waals surface area contributed by atoms with E-state index in [1.807, 2.05) is 12.1 Å². The van der Waals surface area contributed by atoms with E-state index in [4.69, 9.17) is 11.6 Å². The first kappa shape index (κ1) is 16.1. The van der Waals surface area contributed by atoms with Crippen LogP contribution in [0.15, 0.2) is 18.2 Å². The van der Waals surface area contributed by atoms with Crippen molar-refractivity contribution in [3.8, 4) is 0 Å². The standard InChI is InChI=1S/C16H24ClN3O/c1-11(2)19-10-12-6-4-7-13(17)15(12)20-9-5-8-14(20)16(21)18-3/h4,6-7,11,14,19H,5,8-10H2,1-3H3,(H,18,21). The highest BCUT2D eigenvalue weighted by Gasteiger charge is 2.32. The van der Waals surface area contributed by atoms with Gasteiger partial charge in [0.05, 0.1) is 10.7 Å². The first-order chi connectivity index (χ1) is 10.0. The summed E-state index contributed by atoms with van der Waals surface area (Å²) in [7, 11) is 1.69. The summed E-state index contributed by atoms with van der Waals surface area (Å²) in [6, 6.07) is 6.23. The van der Waals surface area contributed by atoms with Gasteiger partial charge in [-0.05, 0) is 24.5 Å². The predicted molar refractivity (Wildman–Crippen MR) is 87.9 cm³/mol. The van der Waals surface area contributed by atoms with E-state index in [9.17, 15) is 4.79 Å². The quantitative estimate of drug-likeness (QED) is 0.878. The smallest absolute Gasteiger partial charge is 0.242 e. The number of anilines is 1. The molecule has 0 radical (unpaired) electrons. The Labute approximate surface area is 131 Å². The Morgan fingerprint density at radius 2 is 2.24 bits per heavy atom. The van der Waals surface area contributed by atoms with Crippen LogP contribution >= 0.6 is 11.6 Å². The van der Waals surface area contributed by atoms with Gasteiger partial charge < -0.3 is 15.5 Å². The maximum atomic E-state index is 12.1. The summed E-state index contributed by atoms with van der Waals surface area (Å²) in [6.07, 6.45) is 1.89. The average Bonchev–Trinajstić information content (AvgIpc) is 2.93. The Morgan fingerprint density at radius 3 is 2.90 bits per heavy atom. The molecule has 0 saturated carbocycles. The summed E-state index contributed by atoms with van der Waals surface area (Å²) in [6.45, 7) is 5.86. The minimum absolute atomic E-state index is 0.0650. The molecule has 1 aliphatic heterocycles. The van der Waals surface area contributed by atoms with Crippen molar-refractivity contribution in [2.24, 2.45) is 0 Å². The van der Waals surface area contributed by atoms with Crippen LogP contribution < -0.4 is 15.5 Å². The molecular weight excluding hydrogens is 286 g/mol. The monoisotopic (exact) mass is 309 g/mol. The van der Waals surface area contributed by atoms with Crippen LogP contribution in [0.25, 0.3) is 0 Å². The number of halogens is 1. The summed E-state index contributed by atoms with van der Waals surface area (Å²) < 4.78 is 0. The van der Waals surface area contributed by atoms with E-state index < -0.39 is 0 Å². The van der Waals surface area contributed by atoms with Crippen LogP contribution in [0.1, 0.15) is 32.3 Å². The third kappa shape index (κ3) is 3.69. The Bertz CT molecular complexity index is 504. The number of hydrogen-bond acceptors (Lipinski definition) is 3. The van der Waals surface area contributed by atoms with Gasteiger partial charge in [-0.2, -0.15) is 0 Å². The fourth-order valence-electron chi connectivity index (χ4n) is 2.81. The molecule has 1 aliphatic rings. The molecule has 5 heteroatoms. The van der Waals surface area contributed by atoms with Gasteiger partial charge in [-0.25, -0.2) is 0 Å². The maximum absolute atomic E-state index is 12.1. The molecule has 1 aromatic rings. The second-order valence-electron chi connectivity index (χ2n) is 5.75. The molecular formula is C16H24ClN3O. The second-order valence-corrected chi connectivity index (χ2v) is 6.16. The highest BCUT2D eigenvalue weighted by atomic mass is 35.5. The highest BCUT2D eigenvalue weighted by Crippen LogP contribution is 2.35. The molecule has 1 heterocycles. The maximum Gasteiger partial charge on any atom is 0.242 e. The van der Waals surface area contributed by atoms with Crippen LogP contribution in [0.3, 0.4) is 0 Å². The van der Waals surface area contributed by atoms with Gasteiger partial charge in [-0.3, -0.25) is 4.79 Å². The van der Waals surface area contributed by atoms with Crippen LogP contribution in [0.4, 0.5) is 5.69 Å². The van der Waals surface area contributed by atoms with Gasteiger partial charge in [0.15, 0.2) is 0 Å². The predicted octanol–water partition coefficient (Wildman–Crippen LogP) is 2.55. The summed E-state index contributed by atoms with van der Waals surface area (Å²) in [5.41, 5.74) is 2.14. The second kappa shape index (κ2) is 7.14. The molecule has 2 rings (SSSR count). The van der Waals surface area contributed by atoms with E-state index in [1.165, 1.54) is 0 Å². The number of amides is 1. The van der Waals surface area contributed by atoms with Crippen molar-refractivity contribution in [2.45, 2.75) is 45.3 Å². The molecule has 2 N–H and O–H groups in total. The summed E-state index contributed by atoms with van der Waals surface area (Å²) >= 11 is 6.44. The van der Waals surface area contributed by atoms with Crippen molar-refractivity contribution in [2.75, 3.05) is 18.5 Å². The van der Waals surface area contributed by atoms with Gasteiger partial charge in [0.25, 0.3) is 0 Å². The minimum Gasteiger partial charge on any atom is -0.358 e. The van der Waals surface area contributed by atoms with Gasteiger partial charge in [0.1, 0.15) is 6.04 Å². The zero-order chi connectivity index (χ0) is 15.4. The van der Waals surface area contributed by atoms with Crippen molar-refractivity contribution < 1.29 is 4.79 Å². The molecule has 1 fully saturated rings. The normalized spacial score (nSPS) is 18.3. The van der Waals surface area contributed by atoms with E-state index in [0.717, 1.165) is 37.2 Å². The molecule has 1 aromatic carbocycles. The van der Waals surface area contributed by atoms with E-state index in [-0.39, 0.29) is 11.9 Å². The third-order valence-electron chi connectivity index (χ3n) is 3.86. The van der Waals surface area contributed by atoms with Gasteiger partial charge in [0, 0.05) is 26.2 Å². The molecule has 116 valence electrons. The van der Waals surface area contributed by atoms with Crippen LogP contribution in [-0.4, -0.2) is 31.6 Å². The van der Waals surface area contributed by atoms with Crippen molar-refractivity contribution in [1.29, 1.82) is 0 Å². The highest BCUT2D eigenvalue weighted by molar-refractivity contribution is 6.33. The minimum atomic E-state index is -0.118. The van der Waals surface area contributed by atoms with Crippen molar-refractivity contribution in [3.63, 3.8) is 0 Å². The summed E-state index contributed by atoms with van der Waals surface area (Å²) in [4.78, 5) is 14.2. The number of carbonyl (C=O) groups is 1. The van der Waals surface area contributed by atoms with Crippen LogP contribution in [0.5, 0.6) is 0 Å². The molecule has 1 amide bonds. The topological polar surface area (TPSA) is 44.4 Å². The van der Waals surface area contributed by atoms with Crippen molar-refractivity contribution in [1.82, 2.24) is 10.6 Å². The molecule has 1 unspecified atom stereocenters. The summed E-state index contributed by atoms with van der Waals surface area (Å²) in [5.74, 6) is 0.0650. The summed E-state index contributed by atoms with van der Waals surface area (Å²) in [5, 5.41) is 6.90. The molecule has 0 aliphatic carbocycles. The number of likely N-dealkylation sites (N-methyl/N-ethyl adjacent to an activating group) is 1. The molecule has 0 spiro atoms. The van der Waals surface area contributed by atoms with Gasteiger partial charge >= 0.3 is 0 Å².